The number of benzene rings is 3. The van der Waals surface area contributed by atoms with Gasteiger partial charge in [-0.15, -0.1) is 0 Å². The molecule has 30 heavy (non-hydrogen) atoms. The molecule has 0 fully saturated rings. The van der Waals surface area contributed by atoms with Gasteiger partial charge in [0, 0.05) is 5.56 Å². The molecule has 1 heterocycles. The van der Waals surface area contributed by atoms with Crippen molar-refractivity contribution in [3.63, 3.8) is 0 Å². The van der Waals surface area contributed by atoms with Crippen molar-refractivity contribution in [3.05, 3.63) is 89.2 Å². The molecule has 1 amide bonds. The number of thiazole rings is 1. The molecule has 150 valence electrons. The van der Waals surface area contributed by atoms with Crippen LogP contribution in [0.15, 0.2) is 71.8 Å². The molecule has 0 radical (unpaired) electrons. The molecule has 4 rings (SSSR count). The number of hydrogen-bond donors (Lipinski definition) is 0. The molecule has 0 atom stereocenters. The minimum atomic E-state index is -0.364. The summed E-state index contributed by atoms with van der Waals surface area (Å²) in [7, 11) is 1.54. The first-order chi connectivity index (χ1) is 14.5. The largest absolute Gasteiger partial charge is 0.497 e. The fourth-order valence-electron chi connectivity index (χ4n) is 2.82. The molecular formula is C23H18FN3O2S. The van der Waals surface area contributed by atoms with Crippen molar-refractivity contribution in [1.82, 2.24) is 4.98 Å². The molecule has 0 saturated carbocycles. The molecule has 0 saturated heterocycles. The van der Waals surface area contributed by atoms with Crippen LogP contribution in [-0.4, -0.2) is 24.2 Å². The summed E-state index contributed by atoms with van der Waals surface area (Å²) in [5, 5.41) is 6.00. The van der Waals surface area contributed by atoms with Gasteiger partial charge in [0.05, 0.1) is 23.5 Å². The van der Waals surface area contributed by atoms with Gasteiger partial charge < -0.3 is 4.74 Å². The second kappa shape index (κ2) is 8.42. The quantitative estimate of drug-likeness (QED) is 0.320. The molecule has 4 aromatic rings. The molecule has 0 unspecified atom stereocenters. The van der Waals surface area contributed by atoms with Gasteiger partial charge in [-0.2, -0.15) is 10.1 Å². The number of aryl methyl sites for hydroxylation is 1. The van der Waals surface area contributed by atoms with Crippen molar-refractivity contribution >= 4 is 38.8 Å². The van der Waals surface area contributed by atoms with Gasteiger partial charge in [0.2, 0.25) is 5.13 Å². The van der Waals surface area contributed by atoms with Gasteiger partial charge in [-0.05, 0) is 48.9 Å². The van der Waals surface area contributed by atoms with Crippen molar-refractivity contribution < 1.29 is 13.9 Å². The molecular weight excluding hydrogens is 401 g/mol. The smallest absolute Gasteiger partial charge is 0.280 e. The number of methoxy groups -OCH3 is 1. The van der Waals surface area contributed by atoms with Gasteiger partial charge in [0.25, 0.3) is 5.91 Å². The van der Waals surface area contributed by atoms with Crippen LogP contribution in [0.3, 0.4) is 0 Å². The van der Waals surface area contributed by atoms with Gasteiger partial charge in [0.15, 0.2) is 0 Å². The van der Waals surface area contributed by atoms with Crippen LogP contribution >= 0.6 is 11.3 Å². The highest BCUT2D eigenvalue weighted by molar-refractivity contribution is 7.22. The monoisotopic (exact) mass is 419 g/mol. The molecule has 0 aliphatic rings. The van der Waals surface area contributed by atoms with Gasteiger partial charge >= 0.3 is 0 Å². The topological polar surface area (TPSA) is 54.8 Å². The van der Waals surface area contributed by atoms with Gasteiger partial charge in [-0.3, -0.25) is 4.79 Å². The molecule has 0 N–H and O–H groups in total. The number of hydrazone groups is 1. The van der Waals surface area contributed by atoms with Gasteiger partial charge in [-0.1, -0.05) is 47.2 Å². The van der Waals surface area contributed by atoms with E-state index in [1.807, 2.05) is 31.2 Å². The second-order valence-corrected chi connectivity index (χ2v) is 7.62. The zero-order chi connectivity index (χ0) is 21.1. The molecule has 1 aromatic heterocycles. The number of amides is 1. The number of aromatic nitrogens is 1. The number of carbonyl (C=O) groups is 1. The zero-order valence-electron chi connectivity index (χ0n) is 16.4. The van der Waals surface area contributed by atoms with Gasteiger partial charge in [0.1, 0.15) is 11.6 Å². The van der Waals surface area contributed by atoms with Crippen LogP contribution in [0.4, 0.5) is 9.52 Å². The minimum absolute atomic E-state index is 0.354. The van der Waals surface area contributed by atoms with Crippen LogP contribution < -0.4 is 9.75 Å². The maximum Gasteiger partial charge on any atom is 0.280 e. The Bertz CT molecular complexity index is 1230. The van der Waals surface area contributed by atoms with E-state index in [0.717, 1.165) is 11.1 Å². The highest BCUT2D eigenvalue weighted by Crippen LogP contribution is 2.31. The van der Waals surface area contributed by atoms with Crippen LogP contribution in [0.2, 0.25) is 0 Å². The second-order valence-electron chi connectivity index (χ2n) is 6.61. The molecule has 0 aliphatic heterocycles. The summed E-state index contributed by atoms with van der Waals surface area (Å²) in [6, 6.07) is 18.9. The van der Waals surface area contributed by atoms with E-state index in [4.69, 9.17) is 4.74 Å². The van der Waals surface area contributed by atoms with E-state index in [1.165, 1.54) is 28.5 Å². The van der Waals surface area contributed by atoms with Crippen LogP contribution in [-0.2, 0) is 0 Å². The minimum Gasteiger partial charge on any atom is -0.497 e. The Balaban J connectivity index is 1.76. The first-order valence-corrected chi connectivity index (χ1v) is 10.0. The number of ether oxygens (including phenoxy) is 1. The number of halogens is 1. The van der Waals surface area contributed by atoms with E-state index in [9.17, 15) is 9.18 Å². The van der Waals surface area contributed by atoms with E-state index in [0.29, 0.717) is 26.7 Å². The third kappa shape index (κ3) is 4.21. The normalized spacial score (nSPS) is 11.2. The van der Waals surface area contributed by atoms with Crippen LogP contribution in [0.1, 0.15) is 21.5 Å². The average Bonchev–Trinajstić information content (AvgIpc) is 3.17. The number of nitrogens with zero attached hydrogens (tertiary/aromatic N) is 3. The van der Waals surface area contributed by atoms with Crippen LogP contribution in [0.5, 0.6) is 5.75 Å². The third-order valence-electron chi connectivity index (χ3n) is 4.43. The summed E-state index contributed by atoms with van der Waals surface area (Å²) in [5.74, 6) is -0.155. The summed E-state index contributed by atoms with van der Waals surface area (Å²) < 4.78 is 19.5. The van der Waals surface area contributed by atoms with E-state index in [2.05, 4.69) is 10.1 Å². The molecule has 0 aliphatic carbocycles. The maximum absolute atomic E-state index is 13.6. The highest BCUT2D eigenvalue weighted by atomic mass is 32.1. The molecule has 0 bridgehead atoms. The fraction of sp³-hybridized carbons (Fsp3) is 0.0870. The lowest BCUT2D eigenvalue weighted by atomic mass is 10.2. The Morgan fingerprint density at radius 3 is 2.70 bits per heavy atom. The standard InChI is InChI=1S/C23H18FN3O2S/c1-15-6-8-16(9-7-15)14-25-27(22(28)17-4-3-5-19(12-17)29-2)23-26-20-11-10-18(24)13-21(20)30-23/h3-14H,1-2H3/b25-14+. The Morgan fingerprint density at radius 2 is 1.93 bits per heavy atom. The lowest BCUT2D eigenvalue weighted by Gasteiger charge is -2.14. The van der Waals surface area contributed by atoms with E-state index in [1.54, 1.807) is 43.7 Å². The maximum atomic E-state index is 13.6. The van der Waals surface area contributed by atoms with Crippen molar-refractivity contribution in [2.75, 3.05) is 12.1 Å². The summed E-state index contributed by atoms with van der Waals surface area (Å²) in [6.45, 7) is 2.00. The van der Waals surface area contributed by atoms with Crippen molar-refractivity contribution in [3.8, 4) is 5.75 Å². The Hall–Kier alpha value is -3.58. The SMILES string of the molecule is COc1cccc(C(=O)N(/N=C/c2ccc(C)cc2)c2nc3ccc(F)cc3s2)c1. The summed E-state index contributed by atoms with van der Waals surface area (Å²) in [6.07, 6.45) is 1.60. The number of fused-ring (bicyclic) bond motifs is 1. The van der Waals surface area contributed by atoms with Gasteiger partial charge in [-0.25, -0.2) is 9.37 Å². The Kier molecular flexibility index (Phi) is 5.54. The third-order valence-corrected chi connectivity index (χ3v) is 5.42. The van der Waals surface area contributed by atoms with E-state index < -0.39 is 0 Å². The summed E-state index contributed by atoms with van der Waals surface area (Å²) in [4.78, 5) is 17.8. The molecule has 0 spiro atoms. The molecule has 3 aromatic carbocycles. The Labute approximate surface area is 177 Å². The predicted octanol–water partition coefficient (Wildman–Crippen LogP) is 5.43. The number of rotatable bonds is 5. The highest BCUT2D eigenvalue weighted by Gasteiger charge is 2.21. The average molecular weight is 419 g/mol. The number of carbonyl (C=O) groups excluding carboxylic acids is 1. The van der Waals surface area contributed by atoms with Crippen molar-refractivity contribution in [2.45, 2.75) is 6.92 Å². The summed E-state index contributed by atoms with van der Waals surface area (Å²) >= 11 is 1.20. The van der Waals surface area contributed by atoms with Crippen LogP contribution in [0.25, 0.3) is 10.2 Å². The predicted molar refractivity (Wildman–Crippen MR) is 118 cm³/mol. The summed E-state index contributed by atoms with van der Waals surface area (Å²) in [5.41, 5.74) is 2.98. The number of hydrogen-bond acceptors (Lipinski definition) is 5. The zero-order valence-corrected chi connectivity index (χ0v) is 17.2. The van der Waals surface area contributed by atoms with Crippen molar-refractivity contribution in [1.29, 1.82) is 0 Å². The lowest BCUT2D eigenvalue weighted by molar-refractivity contribution is 0.0987. The first kappa shape index (κ1) is 19.7. The fourth-order valence-corrected chi connectivity index (χ4v) is 3.77. The van der Waals surface area contributed by atoms with Crippen LogP contribution in [0, 0.1) is 12.7 Å². The molecule has 5 nitrogen and oxygen atoms in total. The number of anilines is 1. The lowest BCUT2D eigenvalue weighted by Crippen LogP contribution is -2.25. The van der Waals surface area contributed by atoms with Crippen molar-refractivity contribution in [2.24, 2.45) is 5.10 Å². The first-order valence-electron chi connectivity index (χ1n) is 9.19. The molecule has 7 heteroatoms. The Morgan fingerprint density at radius 1 is 1.13 bits per heavy atom. The van der Waals surface area contributed by atoms with E-state index >= 15 is 0 Å². The van der Waals surface area contributed by atoms with E-state index in [-0.39, 0.29) is 11.7 Å².